The minimum atomic E-state index is -0.422. The molecule has 1 aliphatic heterocycles. The Bertz CT molecular complexity index is 1140. The van der Waals surface area contributed by atoms with Crippen molar-refractivity contribution in [1.29, 1.82) is 0 Å². The molecule has 3 heterocycles. The summed E-state index contributed by atoms with van der Waals surface area (Å²) in [6, 6.07) is 0. The molecule has 7 rings (SSSR count). The van der Waals surface area contributed by atoms with Crippen molar-refractivity contribution in [2.75, 3.05) is 26.2 Å². The van der Waals surface area contributed by atoms with E-state index < -0.39 is 4.92 Å². The molecule has 5 fully saturated rings. The van der Waals surface area contributed by atoms with E-state index in [1.807, 2.05) is 28.8 Å². The molecular formula is C24H32BrN7O3. The molecule has 5 aliphatic rings. The van der Waals surface area contributed by atoms with Gasteiger partial charge in [-0.15, -0.1) is 0 Å². The number of piperazine rings is 1. The van der Waals surface area contributed by atoms with Crippen LogP contribution in [0.15, 0.2) is 23.1 Å². The van der Waals surface area contributed by atoms with Crippen LogP contribution >= 0.6 is 15.9 Å². The van der Waals surface area contributed by atoms with Crippen molar-refractivity contribution in [3.63, 3.8) is 0 Å². The number of nitrogens with zero attached hydrogens (tertiary/aromatic N) is 7. The van der Waals surface area contributed by atoms with Crippen LogP contribution < -0.4 is 0 Å². The summed E-state index contributed by atoms with van der Waals surface area (Å²) in [5.41, 5.74) is 0.988. The summed E-state index contributed by atoms with van der Waals surface area (Å²) in [6.45, 7) is 4.18. The molecular weight excluding hydrogens is 514 g/mol. The molecule has 0 spiro atoms. The molecule has 1 saturated heterocycles. The Labute approximate surface area is 212 Å². The maximum atomic E-state index is 13.5. The van der Waals surface area contributed by atoms with Gasteiger partial charge in [0.05, 0.1) is 23.0 Å². The zero-order valence-corrected chi connectivity index (χ0v) is 21.7. The van der Waals surface area contributed by atoms with E-state index in [4.69, 9.17) is 0 Å². The first-order valence-corrected chi connectivity index (χ1v) is 13.4. The Morgan fingerprint density at radius 3 is 2.49 bits per heavy atom. The summed E-state index contributed by atoms with van der Waals surface area (Å²) >= 11 is 3.34. The molecule has 11 heteroatoms. The first kappa shape index (κ1) is 23.1. The molecule has 2 atom stereocenters. The fourth-order valence-electron chi connectivity index (χ4n) is 7.99. The maximum Gasteiger partial charge on any atom is 0.404 e. The van der Waals surface area contributed by atoms with Gasteiger partial charge in [-0.25, -0.2) is 0 Å². The summed E-state index contributed by atoms with van der Waals surface area (Å²) in [5.74, 6) is 1.30. The van der Waals surface area contributed by atoms with Gasteiger partial charge in [0.25, 0.3) is 0 Å². The average Bonchev–Trinajstić information content (AvgIpc) is 3.38. The van der Waals surface area contributed by atoms with Gasteiger partial charge in [0.15, 0.2) is 0 Å². The highest BCUT2D eigenvalue weighted by molar-refractivity contribution is 9.10. The van der Waals surface area contributed by atoms with Crippen LogP contribution in [0.1, 0.15) is 50.5 Å². The molecule has 1 amide bonds. The highest BCUT2D eigenvalue weighted by Crippen LogP contribution is 2.65. The Hall–Kier alpha value is -2.27. The summed E-state index contributed by atoms with van der Waals surface area (Å²) in [5, 5.41) is 20.1. The monoisotopic (exact) mass is 545 g/mol. The summed E-state index contributed by atoms with van der Waals surface area (Å²) in [7, 11) is 1.93. The second-order valence-electron chi connectivity index (χ2n) is 11.5. The fourth-order valence-corrected chi connectivity index (χ4v) is 8.41. The molecule has 2 aromatic heterocycles. The van der Waals surface area contributed by atoms with E-state index in [9.17, 15) is 14.9 Å². The van der Waals surface area contributed by atoms with Crippen molar-refractivity contribution < 1.29 is 9.72 Å². The van der Waals surface area contributed by atoms with Crippen molar-refractivity contribution in [3.8, 4) is 0 Å². The Kier molecular flexibility index (Phi) is 5.55. The average molecular weight is 546 g/mol. The molecule has 188 valence electrons. The predicted octanol–water partition coefficient (Wildman–Crippen LogP) is 3.32. The fraction of sp³-hybridized carbons (Fsp3) is 0.708. The standard InChI is InChI=1S/C24H32BrN7O3/c1-28-13-19(12-26-28)14-29-2-4-30(5-3-29)21(33)11-23-7-17-6-18(8-23)10-24(9-17,16-23)31-15-20(25)22(27-31)32(34)35/h12-13,15,17-18H,2-11,14,16H2,1H3. The minimum Gasteiger partial charge on any atom is -0.358 e. The van der Waals surface area contributed by atoms with E-state index in [-0.39, 0.29) is 22.7 Å². The van der Waals surface area contributed by atoms with Crippen molar-refractivity contribution >= 4 is 27.7 Å². The number of carbonyl (C=O) groups is 1. The number of aryl methyl sites for hydroxylation is 1. The minimum absolute atomic E-state index is 0.0127. The Balaban J connectivity index is 1.14. The summed E-state index contributed by atoms with van der Waals surface area (Å²) < 4.78 is 4.14. The van der Waals surface area contributed by atoms with Crippen molar-refractivity contribution in [3.05, 3.63) is 38.7 Å². The Morgan fingerprint density at radius 2 is 1.89 bits per heavy atom. The van der Waals surface area contributed by atoms with Crippen molar-refractivity contribution in [2.45, 2.75) is 57.0 Å². The molecule has 4 aliphatic carbocycles. The van der Waals surface area contributed by atoms with E-state index in [2.05, 4.69) is 35.9 Å². The molecule has 0 radical (unpaired) electrons. The molecule has 4 saturated carbocycles. The van der Waals surface area contributed by atoms with Crippen LogP contribution in [0.25, 0.3) is 0 Å². The van der Waals surface area contributed by atoms with Gasteiger partial charge in [-0.3, -0.25) is 14.4 Å². The molecule has 0 N–H and O–H groups in total. The van der Waals surface area contributed by atoms with Crippen molar-refractivity contribution in [1.82, 2.24) is 29.4 Å². The van der Waals surface area contributed by atoms with Gasteiger partial charge >= 0.3 is 5.82 Å². The molecule has 2 aromatic rings. The molecule has 10 nitrogen and oxygen atoms in total. The van der Waals surface area contributed by atoms with Gasteiger partial charge < -0.3 is 15.0 Å². The van der Waals surface area contributed by atoms with Crippen LogP contribution in [0.2, 0.25) is 0 Å². The van der Waals surface area contributed by atoms with Crippen molar-refractivity contribution in [2.24, 2.45) is 24.3 Å². The molecule has 4 bridgehead atoms. The lowest BCUT2D eigenvalue weighted by atomic mass is 9.46. The van der Waals surface area contributed by atoms with Gasteiger partial charge in [-0.1, -0.05) is 0 Å². The van der Waals surface area contributed by atoms with E-state index >= 15 is 0 Å². The predicted molar refractivity (Wildman–Crippen MR) is 131 cm³/mol. The Morgan fingerprint density at radius 1 is 1.17 bits per heavy atom. The second kappa shape index (κ2) is 8.40. The lowest BCUT2D eigenvalue weighted by molar-refractivity contribution is -0.390. The number of aromatic nitrogens is 4. The number of nitro groups is 1. The van der Waals surface area contributed by atoms with Gasteiger partial charge in [0.2, 0.25) is 5.91 Å². The van der Waals surface area contributed by atoms with Crippen LogP contribution in [0.3, 0.4) is 0 Å². The number of hydrogen-bond acceptors (Lipinski definition) is 6. The third kappa shape index (κ3) is 4.20. The summed E-state index contributed by atoms with van der Waals surface area (Å²) in [6.07, 6.45) is 12.7. The van der Waals surface area contributed by atoms with Crippen LogP contribution in [0.5, 0.6) is 0 Å². The number of amides is 1. The normalized spacial score (nSPS) is 32.3. The van der Waals surface area contributed by atoms with Gasteiger partial charge in [0, 0.05) is 58.0 Å². The van der Waals surface area contributed by atoms with Gasteiger partial charge in [-0.05, 0) is 76.6 Å². The molecule has 35 heavy (non-hydrogen) atoms. The van der Waals surface area contributed by atoms with Gasteiger partial charge in [0.1, 0.15) is 4.47 Å². The quantitative estimate of drug-likeness (QED) is 0.407. The number of rotatable bonds is 6. The van der Waals surface area contributed by atoms with Gasteiger partial charge in [-0.2, -0.15) is 9.78 Å². The van der Waals surface area contributed by atoms with Crippen LogP contribution in [-0.4, -0.2) is 66.4 Å². The van der Waals surface area contributed by atoms with Crippen LogP contribution in [0.4, 0.5) is 5.82 Å². The van der Waals surface area contributed by atoms with E-state index in [0.717, 1.165) is 64.8 Å². The number of hydrogen-bond donors (Lipinski definition) is 0. The van der Waals surface area contributed by atoms with E-state index in [1.54, 1.807) is 6.20 Å². The lowest BCUT2D eigenvalue weighted by Gasteiger charge is -2.61. The maximum absolute atomic E-state index is 13.5. The highest BCUT2D eigenvalue weighted by Gasteiger charge is 2.60. The zero-order chi connectivity index (χ0) is 24.4. The molecule has 2 unspecified atom stereocenters. The zero-order valence-electron chi connectivity index (χ0n) is 20.1. The summed E-state index contributed by atoms with van der Waals surface area (Å²) in [4.78, 5) is 29.0. The molecule has 0 aromatic carbocycles. The third-order valence-electron chi connectivity index (χ3n) is 8.88. The number of halogens is 1. The van der Waals surface area contributed by atoms with E-state index in [0.29, 0.717) is 22.7 Å². The first-order chi connectivity index (χ1) is 16.7. The first-order valence-electron chi connectivity index (χ1n) is 12.6. The second-order valence-corrected chi connectivity index (χ2v) is 12.4. The smallest absolute Gasteiger partial charge is 0.358 e. The van der Waals surface area contributed by atoms with E-state index in [1.165, 1.54) is 12.0 Å². The highest BCUT2D eigenvalue weighted by atomic mass is 79.9. The third-order valence-corrected chi connectivity index (χ3v) is 9.44. The topological polar surface area (TPSA) is 102 Å². The van der Waals surface area contributed by atoms with Crippen LogP contribution in [-0.2, 0) is 23.9 Å². The lowest BCUT2D eigenvalue weighted by Crippen LogP contribution is -2.58. The number of carbonyl (C=O) groups excluding carboxylic acids is 1. The SMILES string of the molecule is Cn1cc(CN2CCN(C(=O)CC34CC5CC(C3)CC(n3cc(Br)c([N+](=O)[O-])n3)(C5)C4)CC2)cn1. The van der Waals surface area contributed by atoms with Crippen LogP contribution in [0, 0.1) is 27.4 Å². The largest absolute Gasteiger partial charge is 0.404 e.